The summed E-state index contributed by atoms with van der Waals surface area (Å²) in [5.41, 5.74) is 0. The van der Waals surface area contributed by atoms with Crippen molar-refractivity contribution < 1.29 is 4.79 Å². The Hall–Kier alpha value is -1.30. The lowest BCUT2D eigenvalue weighted by molar-refractivity contribution is -0.129. The molecule has 2 heterocycles. The molecule has 0 bridgehead atoms. The molecule has 132 valence electrons. The maximum atomic E-state index is 11.8. The molecule has 23 heavy (non-hydrogen) atoms. The van der Waals surface area contributed by atoms with Crippen molar-refractivity contribution in [3.8, 4) is 0 Å². The van der Waals surface area contributed by atoms with E-state index in [1.54, 1.807) is 0 Å². The van der Waals surface area contributed by atoms with E-state index in [0.29, 0.717) is 18.4 Å². The van der Waals surface area contributed by atoms with Crippen LogP contribution in [0.15, 0.2) is 4.99 Å². The van der Waals surface area contributed by atoms with Crippen LogP contribution in [0, 0.1) is 5.92 Å². The van der Waals surface area contributed by atoms with E-state index in [1.165, 1.54) is 19.5 Å². The van der Waals surface area contributed by atoms with Crippen LogP contribution in [0.2, 0.25) is 0 Å². The molecule has 0 aromatic carbocycles. The SMILES string of the molecule is CCNC(=NCC1CCN(CC)C1)NC1CCN(C(=O)CC)C1. The first kappa shape index (κ1) is 18.0. The summed E-state index contributed by atoms with van der Waals surface area (Å²) in [4.78, 5) is 21.0. The molecule has 0 spiro atoms. The first-order valence-electron chi connectivity index (χ1n) is 9.21. The first-order valence-corrected chi connectivity index (χ1v) is 9.21. The number of likely N-dealkylation sites (tertiary alicyclic amines) is 2. The molecular weight excluding hydrogens is 290 g/mol. The Morgan fingerprint density at radius 3 is 2.65 bits per heavy atom. The lowest BCUT2D eigenvalue weighted by Crippen LogP contribution is -2.45. The molecule has 2 rings (SSSR count). The quantitative estimate of drug-likeness (QED) is 0.563. The second kappa shape index (κ2) is 9.11. The minimum absolute atomic E-state index is 0.252. The van der Waals surface area contributed by atoms with Crippen LogP contribution >= 0.6 is 0 Å². The fraction of sp³-hybridized carbons (Fsp3) is 0.882. The highest BCUT2D eigenvalue weighted by molar-refractivity contribution is 5.80. The number of nitrogens with zero attached hydrogens (tertiary/aromatic N) is 3. The molecule has 2 aliphatic heterocycles. The Morgan fingerprint density at radius 2 is 2.00 bits per heavy atom. The molecule has 2 fully saturated rings. The maximum Gasteiger partial charge on any atom is 0.222 e. The molecule has 0 aromatic heterocycles. The summed E-state index contributed by atoms with van der Waals surface area (Å²) in [5, 5.41) is 6.84. The summed E-state index contributed by atoms with van der Waals surface area (Å²) in [6.07, 6.45) is 2.85. The van der Waals surface area contributed by atoms with Gasteiger partial charge >= 0.3 is 0 Å². The standard InChI is InChI=1S/C17H33N5O/c1-4-16(23)22-10-8-15(13-22)20-17(18-5-2)19-11-14-7-9-21(6-3)12-14/h14-15H,4-13H2,1-3H3,(H2,18,19,20). The van der Waals surface area contributed by atoms with E-state index in [0.717, 1.165) is 45.1 Å². The lowest BCUT2D eigenvalue weighted by atomic mass is 10.1. The number of carbonyl (C=O) groups is 1. The van der Waals surface area contributed by atoms with Crippen LogP contribution in [0.4, 0.5) is 0 Å². The van der Waals surface area contributed by atoms with Gasteiger partial charge in [0.05, 0.1) is 0 Å². The maximum absolute atomic E-state index is 11.8. The van der Waals surface area contributed by atoms with E-state index in [4.69, 9.17) is 4.99 Å². The Balaban J connectivity index is 1.81. The molecule has 0 aromatic rings. The molecule has 2 aliphatic rings. The van der Waals surface area contributed by atoms with E-state index in [2.05, 4.69) is 29.4 Å². The normalized spacial score (nSPS) is 25.9. The van der Waals surface area contributed by atoms with Crippen LogP contribution in [-0.2, 0) is 4.79 Å². The van der Waals surface area contributed by atoms with Gasteiger partial charge < -0.3 is 20.4 Å². The second-order valence-electron chi connectivity index (χ2n) is 6.59. The number of aliphatic imine (C=N–C) groups is 1. The van der Waals surface area contributed by atoms with Crippen molar-refractivity contribution in [1.82, 2.24) is 20.4 Å². The van der Waals surface area contributed by atoms with Crippen molar-refractivity contribution >= 4 is 11.9 Å². The zero-order valence-electron chi connectivity index (χ0n) is 15.0. The summed E-state index contributed by atoms with van der Waals surface area (Å²) >= 11 is 0. The fourth-order valence-electron chi connectivity index (χ4n) is 3.41. The minimum atomic E-state index is 0.252. The average molecular weight is 323 g/mol. The third-order valence-electron chi connectivity index (χ3n) is 4.85. The number of carbonyl (C=O) groups excluding carboxylic acids is 1. The number of rotatable bonds is 6. The average Bonchev–Trinajstić information content (AvgIpc) is 3.21. The Bertz CT molecular complexity index is 412. The monoisotopic (exact) mass is 323 g/mol. The lowest BCUT2D eigenvalue weighted by Gasteiger charge is -2.19. The van der Waals surface area contributed by atoms with Gasteiger partial charge in [-0.05, 0) is 38.8 Å². The first-order chi connectivity index (χ1) is 11.2. The van der Waals surface area contributed by atoms with E-state index in [9.17, 15) is 4.79 Å². The van der Waals surface area contributed by atoms with Gasteiger partial charge in [-0.15, -0.1) is 0 Å². The molecule has 6 nitrogen and oxygen atoms in total. The highest BCUT2D eigenvalue weighted by Gasteiger charge is 2.26. The Morgan fingerprint density at radius 1 is 1.17 bits per heavy atom. The number of hydrogen-bond acceptors (Lipinski definition) is 3. The van der Waals surface area contributed by atoms with E-state index in [1.807, 2.05) is 11.8 Å². The number of nitrogens with one attached hydrogen (secondary N) is 2. The van der Waals surface area contributed by atoms with Crippen molar-refractivity contribution in [2.24, 2.45) is 10.9 Å². The molecular formula is C17H33N5O. The summed E-state index contributed by atoms with van der Waals surface area (Å²) in [7, 11) is 0. The zero-order chi connectivity index (χ0) is 16.7. The fourth-order valence-corrected chi connectivity index (χ4v) is 3.41. The van der Waals surface area contributed by atoms with E-state index in [-0.39, 0.29) is 5.91 Å². The van der Waals surface area contributed by atoms with Crippen LogP contribution in [0.5, 0.6) is 0 Å². The van der Waals surface area contributed by atoms with Crippen LogP contribution < -0.4 is 10.6 Å². The van der Waals surface area contributed by atoms with Gasteiger partial charge in [-0.2, -0.15) is 0 Å². The van der Waals surface area contributed by atoms with Crippen molar-refractivity contribution in [3.05, 3.63) is 0 Å². The molecule has 2 unspecified atom stereocenters. The van der Waals surface area contributed by atoms with Gasteiger partial charge in [0, 0.05) is 45.2 Å². The van der Waals surface area contributed by atoms with Gasteiger partial charge in [0.1, 0.15) is 0 Å². The smallest absolute Gasteiger partial charge is 0.222 e. The van der Waals surface area contributed by atoms with E-state index < -0.39 is 0 Å². The molecule has 6 heteroatoms. The van der Waals surface area contributed by atoms with Gasteiger partial charge in [-0.1, -0.05) is 13.8 Å². The predicted molar refractivity (Wildman–Crippen MR) is 94.6 cm³/mol. The van der Waals surface area contributed by atoms with Crippen molar-refractivity contribution in [2.45, 2.75) is 46.1 Å². The van der Waals surface area contributed by atoms with Crippen molar-refractivity contribution in [3.63, 3.8) is 0 Å². The Kier molecular flexibility index (Phi) is 7.15. The molecule has 0 aliphatic carbocycles. The van der Waals surface area contributed by atoms with Crippen LogP contribution in [-0.4, -0.2) is 73.5 Å². The van der Waals surface area contributed by atoms with Gasteiger partial charge in [0.15, 0.2) is 5.96 Å². The zero-order valence-corrected chi connectivity index (χ0v) is 15.0. The number of amides is 1. The molecule has 2 atom stereocenters. The second-order valence-corrected chi connectivity index (χ2v) is 6.59. The van der Waals surface area contributed by atoms with Crippen molar-refractivity contribution in [2.75, 3.05) is 45.8 Å². The topological polar surface area (TPSA) is 60.0 Å². The van der Waals surface area contributed by atoms with Gasteiger partial charge in [0.2, 0.25) is 5.91 Å². The molecule has 1 amide bonds. The summed E-state index contributed by atoms with van der Waals surface area (Å²) in [5.74, 6) is 1.83. The Labute approximate surface area is 140 Å². The highest BCUT2D eigenvalue weighted by atomic mass is 16.2. The molecule has 0 radical (unpaired) electrons. The van der Waals surface area contributed by atoms with Crippen LogP contribution in [0.3, 0.4) is 0 Å². The van der Waals surface area contributed by atoms with Crippen molar-refractivity contribution in [1.29, 1.82) is 0 Å². The molecule has 2 N–H and O–H groups in total. The van der Waals surface area contributed by atoms with Gasteiger partial charge in [-0.3, -0.25) is 9.79 Å². The number of hydrogen-bond donors (Lipinski definition) is 2. The number of guanidine groups is 1. The van der Waals surface area contributed by atoms with Gasteiger partial charge in [0.25, 0.3) is 0 Å². The minimum Gasteiger partial charge on any atom is -0.357 e. The predicted octanol–water partition coefficient (Wildman–Crippen LogP) is 0.894. The molecule has 0 saturated carbocycles. The largest absolute Gasteiger partial charge is 0.357 e. The van der Waals surface area contributed by atoms with Crippen LogP contribution in [0.1, 0.15) is 40.0 Å². The van der Waals surface area contributed by atoms with Crippen LogP contribution in [0.25, 0.3) is 0 Å². The highest BCUT2D eigenvalue weighted by Crippen LogP contribution is 2.16. The summed E-state index contributed by atoms with van der Waals surface area (Å²) < 4.78 is 0. The van der Waals surface area contributed by atoms with Gasteiger partial charge in [-0.25, -0.2) is 0 Å². The summed E-state index contributed by atoms with van der Waals surface area (Å²) in [6.45, 7) is 13.2. The third-order valence-corrected chi connectivity index (χ3v) is 4.85. The van der Waals surface area contributed by atoms with E-state index >= 15 is 0 Å². The molecule has 2 saturated heterocycles. The third kappa shape index (κ3) is 5.37. The summed E-state index contributed by atoms with van der Waals surface area (Å²) in [6, 6.07) is 0.319.